The van der Waals surface area contributed by atoms with Gasteiger partial charge >= 0.3 is 12.3 Å². The minimum absolute atomic E-state index is 0.247. The van der Waals surface area contributed by atoms with Crippen LogP contribution in [0.25, 0.3) is 11.1 Å². The summed E-state index contributed by atoms with van der Waals surface area (Å²) in [6.07, 6.45) is -4.72. The Balaban J connectivity index is 1.75. The van der Waals surface area contributed by atoms with Gasteiger partial charge in [-0.25, -0.2) is 9.48 Å². The Labute approximate surface area is 162 Å². The number of aryl methyl sites for hydroxylation is 1. The molecule has 1 aromatic heterocycles. The van der Waals surface area contributed by atoms with Gasteiger partial charge in [0.15, 0.2) is 10.7 Å². The van der Waals surface area contributed by atoms with Crippen LogP contribution in [0, 0.1) is 0 Å². The highest BCUT2D eigenvalue weighted by atomic mass is 32.2. The molecule has 3 rings (SSSR count). The highest BCUT2D eigenvalue weighted by Crippen LogP contribution is 2.31. The quantitative estimate of drug-likeness (QED) is 0.585. The second kappa shape index (κ2) is 7.93. The van der Waals surface area contributed by atoms with Crippen molar-refractivity contribution in [2.75, 3.05) is 7.11 Å². The van der Waals surface area contributed by atoms with Crippen molar-refractivity contribution in [2.24, 2.45) is 7.05 Å². The SMILES string of the molecule is COC(=O)c1c(Sc2ccc(-c3ccc(OC(F)(F)F)cc3)cc2)nnn1C. The standard InChI is InChI=1S/C18H14F3N3O3S/c1-24-15(17(25)26-2)16(22-23-24)28-14-9-5-12(6-10-14)11-3-7-13(8-4-11)27-18(19,20)21/h3-10H,1-2H3. The van der Waals surface area contributed by atoms with Gasteiger partial charge in [0.1, 0.15) is 5.75 Å². The Morgan fingerprint density at radius 2 is 1.61 bits per heavy atom. The van der Waals surface area contributed by atoms with Crippen LogP contribution in [0.2, 0.25) is 0 Å². The van der Waals surface area contributed by atoms with E-state index in [0.717, 1.165) is 16.0 Å². The van der Waals surface area contributed by atoms with Crippen LogP contribution in [0.4, 0.5) is 13.2 Å². The minimum Gasteiger partial charge on any atom is -0.464 e. The van der Waals surface area contributed by atoms with Crippen LogP contribution < -0.4 is 4.74 Å². The minimum atomic E-state index is -4.72. The van der Waals surface area contributed by atoms with Crippen molar-refractivity contribution < 1.29 is 27.4 Å². The van der Waals surface area contributed by atoms with E-state index in [1.807, 2.05) is 24.3 Å². The van der Waals surface area contributed by atoms with Crippen molar-refractivity contribution in [1.82, 2.24) is 15.0 Å². The van der Waals surface area contributed by atoms with Crippen LogP contribution in [-0.2, 0) is 11.8 Å². The van der Waals surface area contributed by atoms with E-state index in [-0.39, 0.29) is 11.4 Å². The lowest BCUT2D eigenvalue weighted by atomic mass is 10.1. The molecule has 0 N–H and O–H groups in total. The number of aromatic nitrogens is 3. The summed E-state index contributed by atoms with van der Waals surface area (Å²) in [7, 11) is 2.88. The fourth-order valence-corrected chi connectivity index (χ4v) is 3.28. The summed E-state index contributed by atoms with van der Waals surface area (Å²) in [5.41, 5.74) is 1.80. The summed E-state index contributed by atoms with van der Waals surface area (Å²) in [6, 6.07) is 12.9. The monoisotopic (exact) mass is 409 g/mol. The molecule has 0 bridgehead atoms. The molecule has 0 aliphatic rings. The number of rotatable bonds is 5. The average molecular weight is 409 g/mol. The molecule has 6 nitrogen and oxygen atoms in total. The van der Waals surface area contributed by atoms with Gasteiger partial charge in [-0.15, -0.1) is 18.3 Å². The number of hydrogen-bond donors (Lipinski definition) is 0. The van der Waals surface area contributed by atoms with Crippen LogP contribution in [0.3, 0.4) is 0 Å². The van der Waals surface area contributed by atoms with Crippen molar-refractivity contribution in [3.8, 4) is 16.9 Å². The van der Waals surface area contributed by atoms with Crippen LogP contribution in [0.15, 0.2) is 58.5 Å². The van der Waals surface area contributed by atoms with E-state index < -0.39 is 12.3 Å². The highest BCUT2D eigenvalue weighted by molar-refractivity contribution is 7.99. The molecule has 10 heteroatoms. The zero-order chi connectivity index (χ0) is 20.3. The first-order chi connectivity index (χ1) is 13.3. The van der Waals surface area contributed by atoms with Crippen molar-refractivity contribution in [3.05, 3.63) is 54.2 Å². The molecule has 0 saturated heterocycles. The third-order valence-corrected chi connectivity index (χ3v) is 4.64. The summed E-state index contributed by atoms with van der Waals surface area (Å²) in [5, 5.41) is 8.22. The zero-order valence-corrected chi connectivity index (χ0v) is 15.5. The first kappa shape index (κ1) is 19.7. The lowest BCUT2D eigenvalue weighted by Crippen LogP contribution is -2.16. The third kappa shape index (κ3) is 4.63. The Kier molecular flexibility index (Phi) is 5.59. The van der Waals surface area contributed by atoms with E-state index >= 15 is 0 Å². The van der Waals surface area contributed by atoms with E-state index in [1.54, 1.807) is 19.2 Å². The number of carbonyl (C=O) groups excluding carboxylic acids is 1. The van der Waals surface area contributed by atoms with Crippen molar-refractivity contribution in [2.45, 2.75) is 16.3 Å². The number of nitrogens with zero attached hydrogens (tertiary/aromatic N) is 3. The number of alkyl halides is 3. The molecule has 0 radical (unpaired) electrons. The molecular formula is C18H14F3N3O3S. The molecule has 0 saturated carbocycles. The Bertz CT molecular complexity index is 970. The second-order valence-electron chi connectivity index (χ2n) is 5.56. The predicted molar refractivity (Wildman–Crippen MR) is 95.0 cm³/mol. The lowest BCUT2D eigenvalue weighted by Gasteiger charge is -2.09. The number of carbonyl (C=O) groups is 1. The second-order valence-corrected chi connectivity index (χ2v) is 6.62. The van der Waals surface area contributed by atoms with Gasteiger partial charge in [-0.1, -0.05) is 41.2 Å². The Morgan fingerprint density at radius 1 is 1.04 bits per heavy atom. The maximum Gasteiger partial charge on any atom is 0.573 e. The summed E-state index contributed by atoms with van der Waals surface area (Å²) >= 11 is 1.25. The van der Waals surface area contributed by atoms with Crippen molar-refractivity contribution in [1.29, 1.82) is 0 Å². The summed E-state index contributed by atoms with van der Waals surface area (Å²) in [4.78, 5) is 12.7. The van der Waals surface area contributed by atoms with E-state index in [0.29, 0.717) is 5.03 Å². The molecule has 28 heavy (non-hydrogen) atoms. The number of ether oxygens (including phenoxy) is 2. The van der Waals surface area contributed by atoms with E-state index in [1.165, 1.54) is 35.7 Å². The van der Waals surface area contributed by atoms with E-state index in [9.17, 15) is 18.0 Å². The molecule has 1 heterocycles. The molecule has 3 aromatic rings. The van der Waals surface area contributed by atoms with Gasteiger partial charge < -0.3 is 9.47 Å². The first-order valence-electron chi connectivity index (χ1n) is 7.89. The number of halogens is 3. The van der Waals surface area contributed by atoms with Gasteiger partial charge in [0.05, 0.1) is 7.11 Å². The summed E-state index contributed by atoms with van der Waals surface area (Å²) in [6.45, 7) is 0. The molecule has 0 fully saturated rings. The van der Waals surface area contributed by atoms with E-state index in [2.05, 4.69) is 15.0 Å². The Morgan fingerprint density at radius 3 is 2.14 bits per heavy atom. The first-order valence-corrected chi connectivity index (χ1v) is 8.70. The van der Waals surface area contributed by atoms with Crippen LogP contribution >= 0.6 is 11.8 Å². The van der Waals surface area contributed by atoms with Gasteiger partial charge in [-0.05, 0) is 35.4 Å². The van der Waals surface area contributed by atoms with Crippen molar-refractivity contribution in [3.63, 3.8) is 0 Å². The number of hydrogen-bond acceptors (Lipinski definition) is 6. The third-order valence-electron chi connectivity index (χ3n) is 3.66. The number of methoxy groups -OCH3 is 1. The molecule has 146 valence electrons. The number of benzene rings is 2. The number of esters is 1. The highest BCUT2D eigenvalue weighted by Gasteiger charge is 2.31. The van der Waals surface area contributed by atoms with Gasteiger partial charge in [-0.3, -0.25) is 0 Å². The van der Waals surface area contributed by atoms with Crippen LogP contribution in [-0.4, -0.2) is 34.4 Å². The molecule has 0 aliphatic heterocycles. The maximum atomic E-state index is 12.2. The van der Waals surface area contributed by atoms with Gasteiger partial charge in [0.2, 0.25) is 0 Å². The smallest absolute Gasteiger partial charge is 0.464 e. The topological polar surface area (TPSA) is 66.2 Å². The van der Waals surface area contributed by atoms with Crippen LogP contribution in [0.1, 0.15) is 10.5 Å². The summed E-state index contributed by atoms with van der Waals surface area (Å²) in [5.74, 6) is -0.811. The largest absolute Gasteiger partial charge is 0.573 e. The van der Waals surface area contributed by atoms with Gasteiger partial charge in [-0.2, -0.15) is 0 Å². The predicted octanol–water partition coefficient (Wildman–Crippen LogP) is 4.32. The zero-order valence-electron chi connectivity index (χ0n) is 14.7. The van der Waals surface area contributed by atoms with Crippen molar-refractivity contribution >= 4 is 17.7 Å². The average Bonchev–Trinajstić information content (AvgIpc) is 3.01. The molecule has 0 unspecified atom stereocenters. The fraction of sp³-hybridized carbons (Fsp3) is 0.167. The van der Waals surface area contributed by atoms with Gasteiger partial charge in [0.25, 0.3) is 0 Å². The Hall–Kier alpha value is -3.01. The lowest BCUT2D eigenvalue weighted by molar-refractivity contribution is -0.274. The van der Waals surface area contributed by atoms with E-state index in [4.69, 9.17) is 4.74 Å². The molecule has 2 aromatic carbocycles. The fourth-order valence-electron chi connectivity index (χ4n) is 2.40. The normalized spacial score (nSPS) is 11.3. The molecule has 0 aliphatic carbocycles. The molecule has 0 spiro atoms. The van der Waals surface area contributed by atoms with Crippen LogP contribution in [0.5, 0.6) is 5.75 Å². The molecular weight excluding hydrogens is 395 g/mol. The summed E-state index contributed by atoms with van der Waals surface area (Å²) < 4.78 is 46.6. The van der Waals surface area contributed by atoms with Gasteiger partial charge in [0, 0.05) is 11.9 Å². The maximum absolute atomic E-state index is 12.2. The molecule has 0 atom stereocenters. The molecule has 0 amide bonds.